The van der Waals surface area contributed by atoms with Gasteiger partial charge in [-0.25, -0.2) is 0 Å². The van der Waals surface area contributed by atoms with Gasteiger partial charge in [-0.1, -0.05) is 5.16 Å². The van der Waals surface area contributed by atoms with Crippen molar-refractivity contribution in [1.29, 1.82) is 0 Å². The molecule has 0 aliphatic heterocycles. The molecule has 1 aromatic heterocycles. The third-order valence-electron chi connectivity index (χ3n) is 2.93. The molecule has 4 N–H and O–H groups in total. The second-order valence-electron chi connectivity index (χ2n) is 4.33. The van der Waals surface area contributed by atoms with E-state index in [1.807, 2.05) is 18.2 Å². The molecule has 7 heteroatoms. The third kappa shape index (κ3) is 3.90. The average molecular weight is 287 g/mol. The average Bonchev–Trinajstić information content (AvgIpc) is 2.55. The summed E-state index contributed by atoms with van der Waals surface area (Å²) in [7, 11) is 1.60. The Kier molecular flexibility index (Phi) is 5.05. The lowest BCUT2D eigenvalue weighted by Gasteiger charge is -2.11. The Morgan fingerprint density at radius 2 is 2.24 bits per heavy atom. The van der Waals surface area contributed by atoms with Gasteiger partial charge in [0.25, 0.3) is 0 Å². The summed E-state index contributed by atoms with van der Waals surface area (Å²) in [5, 5.41) is 22.8. The molecular formula is C14H17N5O2. The van der Waals surface area contributed by atoms with Crippen molar-refractivity contribution in [2.24, 2.45) is 10.9 Å². The molecule has 0 amide bonds. The second-order valence-corrected chi connectivity index (χ2v) is 4.33. The summed E-state index contributed by atoms with van der Waals surface area (Å²) in [6.45, 7) is 1.15. The molecule has 21 heavy (non-hydrogen) atoms. The maximum Gasteiger partial charge on any atom is 0.170 e. The Labute approximate surface area is 122 Å². The van der Waals surface area contributed by atoms with Crippen LogP contribution in [0.15, 0.2) is 41.7 Å². The van der Waals surface area contributed by atoms with Crippen LogP contribution in [0.1, 0.15) is 16.8 Å². The van der Waals surface area contributed by atoms with Crippen molar-refractivity contribution in [1.82, 2.24) is 15.5 Å². The van der Waals surface area contributed by atoms with E-state index in [1.54, 1.807) is 25.4 Å². The first-order chi connectivity index (χ1) is 10.2. The Morgan fingerprint density at radius 1 is 1.38 bits per heavy atom. The first kappa shape index (κ1) is 14.7. The van der Waals surface area contributed by atoms with Crippen LogP contribution in [0, 0.1) is 0 Å². The highest BCUT2D eigenvalue weighted by molar-refractivity contribution is 5.97. The van der Waals surface area contributed by atoms with Crippen molar-refractivity contribution in [2.45, 2.75) is 13.1 Å². The molecule has 0 aliphatic rings. The van der Waals surface area contributed by atoms with Gasteiger partial charge in [0, 0.05) is 30.4 Å². The van der Waals surface area contributed by atoms with Crippen LogP contribution in [0.4, 0.5) is 0 Å². The number of aromatic nitrogens is 2. The molecule has 2 rings (SSSR count). The number of nitrogens with two attached hydrogens (primary N) is 1. The number of methoxy groups -OCH3 is 1. The van der Waals surface area contributed by atoms with Gasteiger partial charge < -0.3 is 21.0 Å². The predicted octanol–water partition coefficient (Wildman–Crippen LogP) is 0.869. The Balaban J connectivity index is 2.07. The molecule has 0 atom stereocenters. The molecule has 0 fully saturated rings. The molecular weight excluding hydrogens is 270 g/mol. The van der Waals surface area contributed by atoms with Gasteiger partial charge in [0.1, 0.15) is 5.75 Å². The van der Waals surface area contributed by atoms with Gasteiger partial charge in [-0.15, -0.1) is 0 Å². The van der Waals surface area contributed by atoms with Crippen molar-refractivity contribution in [2.75, 3.05) is 7.11 Å². The maximum atomic E-state index is 8.73. The molecule has 2 aromatic rings. The summed E-state index contributed by atoms with van der Waals surface area (Å²) >= 11 is 0. The zero-order valence-electron chi connectivity index (χ0n) is 11.7. The van der Waals surface area contributed by atoms with Crippen LogP contribution in [-0.2, 0) is 13.1 Å². The molecule has 1 heterocycles. The maximum absolute atomic E-state index is 8.73. The van der Waals surface area contributed by atoms with E-state index in [-0.39, 0.29) is 5.84 Å². The summed E-state index contributed by atoms with van der Waals surface area (Å²) in [6.07, 6.45) is 1.63. The minimum Gasteiger partial charge on any atom is -0.496 e. The quantitative estimate of drug-likeness (QED) is 0.315. The summed E-state index contributed by atoms with van der Waals surface area (Å²) in [5.41, 5.74) is 7.99. The fourth-order valence-electron chi connectivity index (χ4n) is 1.89. The number of amidine groups is 1. The minimum atomic E-state index is 0.0628. The topological polar surface area (TPSA) is 106 Å². The van der Waals surface area contributed by atoms with Crippen LogP contribution in [0.3, 0.4) is 0 Å². The lowest BCUT2D eigenvalue weighted by atomic mass is 10.1. The molecule has 0 radical (unpaired) electrons. The molecule has 1 aromatic carbocycles. The molecule has 0 aliphatic carbocycles. The van der Waals surface area contributed by atoms with Crippen molar-refractivity contribution in [3.63, 3.8) is 0 Å². The van der Waals surface area contributed by atoms with Crippen LogP contribution in [0.2, 0.25) is 0 Å². The number of nitrogens with zero attached hydrogens (tertiary/aromatic N) is 3. The smallest absolute Gasteiger partial charge is 0.170 e. The molecule has 0 saturated heterocycles. The third-order valence-corrected chi connectivity index (χ3v) is 2.93. The van der Waals surface area contributed by atoms with E-state index in [0.29, 0.717) is 18.7 Å². The summed E-state index contributed by atoms with van der Waals surface area (Å²) < 4.78 is 5.31. The van der Waals surface area contributed by atoms with Gasteiger partial charge in [0.15, 0.2) is 5.84 Å². The molecule has 0 saturated carbocycles. The van der Waals surface area contributed by atoms with E-state index in [1.165, 1.54) is 0 Å². The Hall–Kier alpha value is -2.67. The van der Waals surface area contributed by atoms with Crippen LogP contribution in [0.5, 0.6) is 5.75 Å². The highest BCUT2D eigenvalue weighted by Gasteiger charge is 2.07. The van der Waals surface area contributed by atoms with Crippen molar-refractivity contribution in [3.8, 4) is 5.75 Å². The Bertz CT molecular complexity index is 616. The molecule has 0 spiro atoms. The summed E-state index contributed by atoms with van der Waals surface area (Å²) in [6, 6.07) is 9.07. The lowest BCUT2D eigenvalue weighted by Crippen LogP contribution is -2.17. The number of oxime groups is 1. The van der Waals surface area contributed by atoms with Crippen LogP contribution >= 0.6 is 0 Å². The van der Waals surface area contributed by atoms with Crippen molar-refractivity contribution >= 4 is 5.84 Å². The highest BCUT2D eigenvalue weighted by atomic mass is 16.5. The largest absolute Gasteiger partial charge is 0.496 e. The summed E-state index contributed by atoms with van der Waals surface area (Å²) in [4.78, 5) is 0. The number of nitrogens with one attached hydrogen (secondary N) is 1. The van der Waals surface area contributed by atoms with Gasteiger partial charge in [-0.2, -0.15) is 10.2 Å². The monoisotopic (exact) mass is 287 g/mol. The van der Waals surface area contributed by atoms with E-state index < -0.39 is 0 Å². The Morgan fingerprint density at radius 3 is 2.90 bits per heavy atom. The predicted molar refractivity (Wildman–Crippen MR) is 78.1 cm³/mol. The van der Waals surface area contributed by atoms with Crippen molar-refractivity contribution < 1.29 is 9.94 Å². The normalized spacial score (nSPS) is 11.4. The minimum absolute atomic E-state index is 0.0628. The number of rotatable bonds is 6. The van der Waals surface area contributed by atoms with Crippen molar-refractivity contribution in [3.05, 3.63) is 53.3 Å². The number of benzene rings is 1. The highest BCUT2D eigenvalue weighted by Crippen LogP contribution is 2.19. The lowest BCUT2D eigenvalue weighted by molar-refractivity contribution is 0.318. The zero-order valence-corrected chi connectivity index (χ0v) is 11.7. The van der Waals surface area contributed by atoms with Crippen LogP contribution in [0.25, 0.3) is 0 Å². The fraction of sp³-hybridized carbons (Fsp3) is 0.214. The van der Waals surface area contributed by atoms with E-state index >= 15 is 0 Å². The van der Waals surface area contributed by atoms with Gasteiger partial charge in [0.05, 0.1) is 12.8 Å². The van der Waals surface area contributed by atoms with Gasteiger partial charge in [-0.3, -0.25) is 0 Å². The van der Waals surface area contributed by atoms with Crippen LogP contribution < -0.4 is 15.8 Å². The molecule has 110 valence electrons. The first-order valence-electron chi connectivity index (χ1n) is 6.36. The van der Waals surface area contributed by atoms with Gasteiger partial charge in [-0.05, 0) is 30.3 Å². The molecule has 7 nitrogen and oxygen atoms in total. The van der Waals surface area contributed by atoms with E-state index in [0.717, 1.165) is 17.0 Å². The standard InChI is InChI=1S/C14H17N5O2/c1-21-13-5-4-10(14(15)19-20)7-11(13)8-16-9-12-3-2-6-17-18-12/h2-7,16,20H,8-9H2,1H3,(H2,15,19). The van der Waals surface area contributed by atoms with E-state index in [4.69, 9.17) is 15.7 Å². The SMILES string of the molecule is COc1ccc(/C(N)=N/O)cc1CNCc1cccnn1. The fourth-order valence-corrected chi connectivity index (χ4v) is 1.89. The van der Waals surface area contributed by atoms with E-state index in [9.17, 15) is 0 Å². The number of hydrogen-bond donors (Lipinski definition) is 3. The zero-order chi connectivity index (χ0) is 15.1. The molecule has 0 bridgehead atoms. The summed E-state index contributed by atoms with van der Waals surface area (Å²) in [5.74, 6) is 0.795. The van der Waals surface area contributed by atoms with Gasteiger partial charge >= 0.3 is 0 Å². The van der Waals surface area contributed by atoms with Gasteiger partial charge in [0.2, 0.25) is 0 Å². The van der Waals surface area contributed by atoms with E-state index in [2.05, 4.69) is 20.7 Å². The van der Waals surface area contributed by atoms with Crippen LogP contribution in [-0.4, -0.2) is 28.4 Å². The second kappa shape index (κ2) is 7.20. The number of ether oxygens (including phenoxy) is 1. The molecule has 0 unspecified atom stereocenters. The number of hydrogen-bond acceptors (Lipinski definition) is 6. The first-order valence-corrected chi connectivity index (χ1v) is 6.36.